The second kappa shape index (κ2) is 3.37. The van der Waals surface area contributed by atoms with Crippen molar-refractivity contribution in [2.75, 3.05) is 0 Å². The Bertz CT molecular complexity index is 437. The number of rotatable bonds is 0. The molecule has 0 fully saturated rings. The van der Waals surface area contributed by atoms with Crippen LogP contribution in [0, 0.1) is 5.92 Å². The van der Waals surface area contributed by atoms with E-state index in [2.05, 4.69) is 36.9 Å². The minimum Gasteiger partial charge on any atom is -0.0958 e. The molecule has 15 heavy (non-hydrogen) atoms. The molecule has 1 aromatic rings. The number of allylic oxidation sites excluding steroid dienone is 3. The minimum absolute atomic E-state index is 0.797. The van der Waals surface area contributed by atoms with Gasteiger partial charge in [0.05, 0.1) is 0 Å². The van der Waals surface area contributed by atoms with Crippen LogP contribution in [0.2, 0.25) is 0 Å². The Hall–Kier alpha value is -1.30. The van der Waals surface area contributed by atoms with Gasteiger partial charge in [0.1, 0.15) is 0 Å². The Morgan fingerprint density at radius 3 is 2.80 bits per heavy atom. The van der Waals surface area contributed by atoms with Crippen LogP contribution >= 0.6 is 0 Å². The molecule has 0 nitrogen and oxygen atoms in total. The van der Waals surface area contributed by atoms with Crippen LogP contribution in [0.25, 0.3) is 5.57 Å². The summed E-state index contributed by atoms with van der Waals surface area (Å²) in [5.41, 5.74) is 5.86. The topological polar surface area (TPSA) is 0 Å². The van der Waals surface area contributed by atoms with Gasteiger partial charge < -0.3 is 0 Å². The van der Waals surface area contributed by atoms with Crippen LogP contribution in [0.4, 0.5) is 0 Å². The predicted molar refractivity (Wildman–Crippen MR) is 64.6 cm³/mol. The van der Waals surface area contributed by atoms with Crippen LogP contribution in [0.1, 0.15) is 30.4 Å². The first-order valence-electron chi connectivity index (χ1n) is 5.82. The van der Waals surface area contributed by atoms with Crippen molar-refractivity contribution in [2.24, 2.45) is 5.92 Å². The van der Waals surface area contributed by atoms with Crippen LogP contribution in [0.3, 0.4) is 0 Å². The zero-order chi connectivity index (χ0) is 10.3. The molecular formula is C15H16. The van der Waals surface area contributed by atoms with Crippen molar-refractivity contribution in [1.29, 1.82) is 0 Å². The molecular weight excluding hydrogens is 180 g/mol. The van der Waals surface area contributed by atoms with Crippen LogP contribution in [-0.2, 0) is 6.42 Å². The van der Waals surface area contributed by atoms with Crippen molar-refractivity contribution in [2.45, 2.75) is 25.7 Å². The van der Waals surface area contributed by atoms with Crippen molar-refractivity contribution in [3.8, 4) is 0 Å². The van der Waals surface area contributed by atoms with Crippen molar-refractivity contribution in [3.05, 3.63) is 53.6 Å². The number of hydrogen-bond acceptors (Lipinski definition) is 0. The van der Waals surface area contributed by atoms with E-state index >= 15 is 0 Å². The molecule has 2 aliphatic carbocycles. The van der Waals surface area contributed by atoms with Gasteiger partial charge in [-0.2, -0.15) is 0 Å². The lowest BCUT2D eigenvalue weighted by atomic mass is 9.74. The molecule has 0 aliphatic heterocycles. The van der Waals surface area contributed by atoms with Gasteiger partial charge in [-0.15, -0.1) is 0 Å². The quantitative estimate of drug-likeness (QED) is 0.588. The second-order valence-corrected chi connectivity index (χ2v) is 4.69. The highest BCUT2D eigenvalue weighted by Gasteiger charge is 2.25. The van der Waals surface area contributed by atoms with E-state index in [-0.39, 0.29) is 0 Å². The Balaban J connectivity index is 2.14. The third kappa shape index (κ3) is 1.45. The molecule has 3 rings (SSSR count). The summed E-state index contributed by atoms with van der Waals surface area (Å²) in [6.45, 7) is 4.10. The molecule has 76 valence electrons. The third-order valence-electron chi connectivity index (χ3n) is 3.70. The van der Waals surface area contributed by atoms with Gasteiger partial charge in [0.2, 0.25) is 0 Å². The van der Waals surface area contributed by atoms with Gasteiger partial charge in [-0.1, -0.05) is 42.5 Å². The monoisotopic (exact) mass is 196 g/mol. The van der Waals surface area contributed by atoms with Gasteiger partial charge in [-0.3, -0.25) is 0 Å². The fraction of sp³-hybridized carbons (Fsp3) is 0.333. The van der Waals surface area contributed by atoms with Crippen LogP contribution in [0.15, 0.2) is 42.5 Å². The molecule has 0 heterocycles. The van der Waals surface area contributed by atoms with Crippen molar-refractivity contribution in [3.63, 3.8) is 0 Å². The zero-order valence-electron chi connectivity index (χ0n) is 9.00. The van der Waals surface area contributed by atoms with Crippen LogP contribution in [0.5, 0.6) is 0 Å². The van der Waals surface area contributed by atoms with Crippen LogP contribution < -0.4 is 0 Å². The Labute approximate surface area is 91.3 Å². The summed E-state index contributed by atoms with van der Waals surface area (Å²) in [7, 11) is 0. The van der Waals surface area contributed by atoms with Crippen molar-refractivity contribution in [1.82, 2.24) is 0 Å². The molecule has 0 bridgehead atoms. The molecule has 0 amide bonds. The number of benzene rings is 1. The average Bonchev–Trinajstić information content (AvgIpc) is 2.29. The summed E-state index contributed by atoms with van der Waals surface area (Å²) < 4.78 is 0. The van der Waals surface area contributed by atoms with E-state index in [1.807, 2.05) is 0 Å². The first kappa shape index (κ1) is 8.96. The molecule has 2 aliphatic rings. The number of fused-ring (bicyclic) bond motifs is 3. The number of aryl methyl sites for hydroxylation is 1. The SMILES string of the molecule is C=C1C=C2c3ccccc3CCC2CC1. The van der Waals surface area contributed by atoms with Gasteiger partial charge in [0, 0.05) is 0 Å². The smallest absolute Gasteiger partial charge is 0.0150 e. The maximum absolute atomic E-state index is 4.10. The second-order valence-electron chi connectivity index (χ2n) is 4.69. The lowest BCUT2D eigenvalue weighted by molar-refractivity contribution is 0.536. The lowest BCUT2D eigenvalue weighted by Gasteiger charge is -2.31. The highest BCUT2D eigenvalue weighted by Crippen LogP contribution is 2.41. The first-order chi connectivity index (χ1) is 7.34. The standard InChI is InChI=1S/C15H16/c1-11-6-7-13-9-8-12-4-2-3-5-14(12)15(13)10-11/h2-5,10,13H,1,6-9H2. The summed E-state index contributed by atoms with van der Waals surface area (Å²) in [4.78, 5) is 0. The fourth-order valence-corrected chi connectivity index (χ4v) is 2.87. The van der Waals surface area contributed by atoms with Gasteiger partial charge in [0.25, 0.3) is 0 Å². The average molecular weight is 196 g/mol. The van der Waals surface area contributed by atoms with Crippen molar-refractivity contribution < 1.29 is 0 Å². The third-order valence-corrected chi connectivity index (χ3v) is 3.70. The Kier molecular flexibility index (Phi) is 2.02. The maximum atomic E-state index is 4.10. The maximum Gasteiger partial charge on any atom is -0.0150 e. The minimum atomic E-state index is 0.797. The molecule has 0 saturated carbocycles. The molecule has 0 spiro atoms. The van der Waals surface area contributed by atoms with E-state index in [0.717, 1.165) is 5.92 Å². The van der Waals surface area contributed by atoms with E-state index in [4.69, 9.17) is 0 Å². The van der Waals surface area contributed by atoms with E-state index in [9.17, 15) is 0 Å². The van der Waals surface area contributed by atoms with Gasteiger partial charge in [-0.05, 0) is 48.3 Å². The normalized spacial score (nSPS) is 24.1. The molecule has 1 unspecified atom stereocenters. The zero-order valence-corrected chi connectivity index (χ0v) is 9.00. The Morgan fingerprint density at radius 1 is 1.07 bits per heavy atom. The molecule has 0 aromatic heterocycles. The lowest BCUT2D eigenvalue weighted by Crippen LogP contribution is -2.16. The molecule has 1 aromatic carbocycles. The van der Waals surface area contributed by atoms with E-state index in [1.165, 1.54) is 42.4 Å². The highest BCUT2D eigenvalue weighted by molar-refractivity contribution is 5.74. The summed E-state index contributed by atoms with van der Waals surface area (Å²) in [6, 6.07) is 8.84. The molecule has 0 radical (unpaired) electrons. The van der Waals surface area contributed by atoms with Crippen LogP contribution in [-0.4, -0.2) is 0 Å². The molecule has 0 saturated heterocycles. The molecule has 0 N–H and O–H groups in total. The summed E-state index contributed by atoms with van der Waals surface area (Å²) >= 11 is 0. The highest BCUT2D eigenvalue weighted by atomic mass is 14.3. The Morgan fingerprint density at radius 2 is 1.87 bits per heavy atom. The van der Waals surface area contributed by atoms with E-state index in [0.29, 0.717) is 0 Å². The summed E-state index contributed by atoms with van der Waals surface area (Å²) in [5, 5.41) is 0. The van der Waals surface area contributed by atoms with Gasteiger partial charge >= 0.3 is 0 Å². The van der Waals surface area contributed by atoms with Gasteiger partial charge in [-0.25, -0.2) is 0 Å². The number of hydrogen-bond donors (Lipinski definition) is 0. The first-order valence-corrected chi connectivity index (χ1v) is 5.82. The van der Waals surface area contributed by atoms with E-state index in [1.54, 1.807) is 5.57 Å². The molecule has 0 heteroatoms. The predicted octanol–water partition coefficient (Wildman–Crippen LogP) is 3.98. The summed E-state index contributed by atoms with van der Waals surface area (Å²) in [5.74, 6) is 0.797. The van der Waals surface area contributed by atoms with Crippen molar-refractivity contribution >= 4 is 5.57 Å². The summed E-state index contributed by atoms with van der Waals surface area (Å²) in [6.07, 6.45) is 7.41. The fourth-order valence-electron chi connectivity index (χ4n) is 2.87. The molecule has 1 atom stereocenters. The van der Waals surface area contributed by atoms with Gasteiger partial charge in [0.15, 0.2) is 0 Å². The van der Waals surface area contributed by atoms with E-state index < -0.39 is 0 Å². The largest absolute Gasteiger partial charge is 0.0958 e.